The van der Waals surface area contributed by atoms with Crippen molar-refractivity contribution in [1.29, 1.82) is 5.26 Å². The zero-order valence-electron chi connectivity index (χ0n) is 9.96. The molecule has 3 heteroatoms. The van der Waals surface area contributed by atoms with Crippen LogP contribution in [0.2, 0.25) is 5.02 Å². The first-order valence-electron chi connectivity index (χ1n) is 5.67. The SMILES string of the molecule is CC1(C)C[C@H](c2ccc(C#N)cc2Cl)CC1=O. The van der Waals surface area contributed by atoms with Crippen LogP contribution in [-0.4, -0.2) is 5.78 Å². The Morgan fingerprint density at radius 3 is 2.65 bits per heavy atom. The van der Waals surface area contributed by atoms with Crippen molar-refractivity contribution in [1.82, 2.24) is 0 Å². The van der Waals surface area contributed by atoms with E-state index in [0.29, 0.717) is 22.8 Å². The van der Waals surface area contributed by atoms with Gasteiger partial charge in [0.25, 0.3) is 0 Å². The number of ketones is 1. The minimum absolute atomic E-state index is 0.192. The average Bonchev–Trinajstić information content (AvgIpc) is 2.53. The van der Waals surface area contributed by atoms with E-state index in [9.17, 15) is 4.79 Å². The van der Waals surface area contributed by atoms with Crippen LogP contribution in [-0.2, 0) is 4.79 Å². The van der Waals surface area contributed by atoms with Crippen LogP contribution in [0.4, 0.5) is 0 Å². The summed E-state index contributed by atoms with van der Waals surface area (Å²) < 4.78 is 0. The van der Waals surface area contributed by atoms with Crippen molar-refractivity contribution >= 4 is 17.4 Å². The van der Waals surface area contributed by atoms with Gasteiger partial charge < -0.3 is 0 Å². The number of nitriles is 1. The predicted molar refractivity (Wildman–Crippen MR) is 66.9 cm³/mol. The van der Waals surface area contributed by atoms with E-state index in [1.165, 1.54) is 0 Å². The lowest BCUT2D eigenvalue weighted by Crippen LogP contribution is -2.15. The molecule has 1 saturated carbocycles. The number of carbonyl (C=O) groups is 1. The molecule has 1 atom stereocenters. The van der Waals surface area contributed by atoms with E-state index in [1.54, 1.807) is 12.1 Å². The van der Waals surface area contributed by atoms with Crippen LogP contribution in [0.15, 0.2) is 18.2 Å². The van der Waals surface area contributed by atoms with E-state index in [-0.39, 0.29) is 11.3 Å². The highest BCUT2D eigenvalue weighted by Crippen LogP contribution is 2.45. The topological polar surface area (TPSA) is 40.9 Å². The molecule has 1 aromatic rings. The molecule has 0 radical (unpaired) electrons. The summed E-state index contributed by atoms with van der Waals surface area (Å²) in [6.45, 7) is 3.96. The average molecular weight is 248 g/mol. The Labute approximate surface area is 106 Å². The highest BCUT2D eigenvalue weighted by Gasteiger charge is 2.40. The van der Waals surface area contributed by atoms with Gasteiger partial charge in [0.15, 0.2) is 0 Å². The molecule has 17 heavy (non-hydrogen) atoms. The van der Waals surface area contributed by atoms with Crippen LogP contribution >= 0.6 is 11.6 Å². The van der Waals surface area contributed by atoms with Crippen LogP contribution in [0.25, 0.3) is 0 Å². The Hall–Kier alpha value is -1.33. The van der Waals surface area contributed by atoms with Crippen molar-refractivity contribution in [3.05, 3.63) is 34.3 Å². The first-order valence-corrected chi connectivity index (χ1v) is 6.04. The summed E-state index contributed by atoms with van der Waals surface area (Å²) in [4.78, 5) is 11.8. The molecule has 1 aromatic carbocycles. The third-order valence-corrected chi connectivity index (χ3v) is 3.84. The molecule has 1 fully saturated rings. The van der Waals surface area contributed by atoms with Gasteiger partial charge in [-0.15, -0.1) is 0 Å². The fraction of sp³-hybridized carbons (Fsp3) is 0.429. The lowest BCUT2D eigenvalue weighted by atomic mass is 9.88. The molecule has 2 nitrogen and oxygen atoms in total. The molecule has 0 spiro atoms. The Morgan fingerprint density at radius 1 is 1.47 bits per heavy atom. The number of rotatable bonds is 1. The molecular formula is C14H14ClNO. The molecular weight excluding hydrogens is 234 g/mol. The third-order valence-electron chi connectivity index (χ3n) is 3.51. The first kappa shape index (κ1) is 12.1. The molecule has 0 unspecified atom stereocenters. The summed E-state index contributed by atoms with van der Waals surface area (Å²) in [7, 11) is 0. The van der Waals surface area contributed by atoms with Crippen molar-refractivity contribution in [3.63, 3.8) is 0 Å². The molecule has 0 N–H and O–H groups in total. The minimum Gasteiger partial charge on any atom is -0.299 e. The lowest BCUT2D eigenvalue weighted by molar-refractivity contribution is -0.124. The Kier molecular flexibility index (Phi) is 2.97. The van der Waals surface area contributed by atoms with Gasteiger partial charge >= 0.3 is 0 Å². The largest absolute Gasteiger partial charge is 0.299 e. The van der Waals surface area contributed by atoms with Gasteiger partial charge in [0.05, 0.1) is 11.6 Å². The van der Waals surface area contributed by atoms with Gasteiger partial charge in [-0.25, -0.2) is 0 Å². The van der Waals surface area contributed by atoms with E-state index in [0.717, 1.165) is 12.0 Å². The van der Waals surface area contributed by atoms with Crippen molar-refractivity contribution in [3.8, 4) is 6.07 Å². The molecule has 1 aliphatic carbocycles. The fourth-order valence-corrected chi connectivity index (χ4v) is 2.78. The van der Waals surface area contributed by atoms with E-state index in [4.69, 9.17) is 16.9 Å². The van der Waals surface area contributed by atoms with Gasteiger partial charge in [0.1, 0.15) is 5.78 Å². The Bertz CT molecular complexity index is 513. The van der Waals surface area contributed by atoms with E-state index in [1.807, 2.05) is 19.9 Å². The highest BCUT2D eigenvalue weighted by atomic mass is 35.5. The molecule has 88 valence electrons. The molecule has 0 aliphatic heterocycles. The standard InChI is InChI=1S/C14H14ClNO/c1-14(2)7-10(6-13(14)17)11-4-3-9(8-16)5-12(11)15/h3-5,10H,6-7H2,1-2H3/t10-/m1/s1. The first-order chi connectivity index (χ1) is 7.94. The number of Topliss-reactive ketones (excluding diaryl/α,β-unsaturated/α-hetero) is 1. The highest BCUT2D eigenvalue weighted by molar-refractivity contribution is 6.31. The summed E-state index contributed by atoms with van der Waals surface area (Å²) in [5.41, 5.74) is 1.30. The summed E-state index contributed by atoms with van der Waals surface area (Å²) in [6.07, 6.45) is 1.38. The maximum absolute atomic E-state index is 11.8. The second kappa shape index (κ2) is 4.16. The lowest BCUT2D eigenvalue weighted by Gasteiger charge is -2.16. The smallest absolute Gasteiger partial charge is 0.139 e. The summed E-state index contributed by atoms with van der Waals surface area (Å²) in [5, 5.41) is 9.38. The number of nitrogens with zero attached hydrogens (tertiary/aromatic N) is 1. The van der Waals surface area contributed by atoms with Crippen LogP contribution < -0.4 is 0 Å². The number of hydrogen-bond acceptors (Lipinski definition) is 2. The van der Waals surface area contributed by atoms with E-state index >= 15 is 0 Å². The Balaban J connectivity index is 2.32. The van der Waals surface area contributed by atoms with Crippen LogP contribution in [0.1, 0.15) is 43.7 Å². The minimum atomic E-state index is -0.248. The maximum atomic E-state index is 11.8. The van der Waals surface area contributed by atoms with Crippen molar-refractivity contribution in [2.75, 3.05) is 0 Å². The zero-order chi connectivity index (χ0) is 12.6. The summed E-state index contributed by atoms with van der Waals surface area (Å²) >= 11 is 6.17. The molecule has 1 aliphatic rings. The van der Waals surface area contributed by atoms with Gasteiger partial charge in [0, 0.05) is 16.9 Å². The third kappa shape index (κ3) is 2.21. The monoisotopic (exact) mass is 247 g/mol. The maximum Gasteiger partial charge on any atom is 0.139 e. The van der Waals surface area contributed by atoms with Gasteiger partial charge in [-0.1, -0.05) is 31.5 Å². The molecule has 0 bridgehead atoms. The number of benzene rings is 1. The van der Waals surface area contributed by atoms with Gasteiger partial charge in [0.2, 0.25) is 0 Å². The molecule has 0 saturated heterocycles. The Morgan fingerprint density at radius 2 is 2.18 bits per heavy atom. The molecule has 0 aromatic heterocycles. The van der Waals surface area contributed by atoms with Crippen LogP contribution in [0.3, 0.4) is 0 Å². The quantitative estimate of drug-likeness (QED) is 0.760. The van der Waals surface area contributed by atoms with Gasteiger partial charge in [-0.05, 0) is 30.0 Å². The van der Waals surface area contributed by atoms with Crippen LogP contribution in [0.5, 0.6) is 0 Å². The second-order valence-electron chi connectivity index (χ2n) is 5.26. The number of carbonyl (C=O) groups excluding carboxylic acids is 1. The van der Waals surface area contributed by atoms with Gasteiger partial charge in [-0.2, -0.15) is 5.26 Å². The number of hydrogen-bond donors (Lipinski definition) is 0. The molecule has 2 rings (SSSR count). The number of halogens is 1. The fourth-order valence-electron chi connectivity index (χ4n) is 2.45. The van der Waals surface area contributed by atoms with Gasteiger partial charge in [-0.3, -0.25) is 4.79 Å². The van der Waals surface area contributed by atoms with E-state index in [2.05, 4.69) is 6.07 Å². The normalized spacial score (nSPS) is 22.5. The molecule has 0 amide bonds. The summed E-state index contributed by atoms with van der Waals surface area (Å²) in [6, 6.07) is 7.37. The summed E-state index contributed by atoms with van der Waals surface area (Å²) in [5.74, 6) is 0.487. The zero-order valence-corrected chi connectivity index (χ0v) is 10.7. The predicted octanol–water partition coefficient (Wildman–Crippen LogP) is 3.68. The molecule has 0 heterocycles. The van der Waals surface area contributed by atoms with Crippen molar-refractivity contribution in [2.24, 2.45) is 5.41 Å². The second-order valence-corrected chi connectivity index (χ2v) is 5.67. The van der Waals surface area contributed by atoms with Crippen molar-refractivity contribution < 1.29 is 4.79 Å². The van der Waals surface area contributed by atoms with Crippen LogP contribution in [0, 0.1) is 16.7 Å². The van der Waals surface area contributed by atoms with Crippen molar-refractivity contribution in [2.45, 2.75) is 32.6 Å². The van der Waals surface area contributed by atoms with E-state index < -0.39 is 0 Å².